The monoisotopic (exact) mass is 262 g/mol. The van der Waals surface area contributed by atoms with Crippen molar-refractivity contribution in [2.75, 3.05) is 0 Å². The maximum Gasteiger partial charge on any atom is 0.201 e. The highest BCUT2D eigenvalue weighted by molar-refractivity contribution is 6.38. The number of nitrogens with one attached hydrogen (secondary N) is 1. The minimum Gasteiger partial charge on any atom is -0.506 e. The number of hydrogen-bond acceptors (Lipinski definition) is 3. The van der Waals surface area contributed by atoms with Gasteiger partial charge in [-0.3, -0.25) is 4.79 Å². The summed E-state index contributed by atoms with van der Waals surface area (Å²) in [6, 6.07) is 14.5. The van der Waals surface area contributed by atoms with Crippen LogP contribution in [0.15, 0.2) is 48.5 Å². The van der Waals surface area contributed by atoms with E-state index in [1.54, 1.807) is 24.3 Å². The molecule has 0 spiro atoms. The van der Waals surface area contributed by atoms with Gasteiger partial charge in [-0.05, 0) is 12.1 Å². The average molecular weight is 262 g/mol. The SMILES string of the molecule is O=C1C(c2nc3ccccc3[nH]2)=C(O)c2ccccc21. The van der Waals surface area contributed by atoms with Crippen LogP contribution in [0, 0.1) is 0 Å². The first-order chi connectivity index (χ1) is 9.75. The molecule has 3 aromatic rings. The Bertz CT molecular complexity index is 857. The van der Waals surface area contributed by atoms with E-state index in [2.05, 4.69) is 9.97 Å². The Kier molecular flexibility index (Phi) is 2.09. The zero-order valence-corrected chi connectivity index (χ0v) is 10.4. The van der Waals surface area contributed by atoms with Crippen molar-refractivity contribution in [3.63, 3.8) is 0 Å². The third-order valence-electron chi connectivity index (χ3n) is 3.52. The lowest BCUT2D eigenvalue weighted by Crippen LogP contribution is -1.99. The number of carbonyl (C=O) groups is 1. The number of H-pyrrole nitrogens is 1. The molecule has 96 valence electrons. The van der Waals surface area contributed by atoms with Gasteiger partial charge in [0.25, 0.3) is 0 Å². The van der Waals surface area contributed by atoms with Gasteiger partial charge in [-0.2, -0.15) is 0 Å². The van der Waals surface area contributed by atoms with Crippen molar-refractivity contribution < 1.29 is 9.90 Å². The van der Waals surface area contributed by atoms with E-state index in [1.807, 2.05) is 24.3 Å². The Morgan fingerprint density at radius 2 is 1.65 bits per heavy atom. The highest BCUT2D eigenvalue weighted by Crippen LogP contribution is 2.35. The molecule has 0 atom stereocenters. The molecule has 4 rings (SSSR count). The molecule has 1 heterocycles. The molecule has 0 aliphatic heterocycles. The molecular formula is C16H10N2O2. The third kappa shape index (κ3) is 1.36. The number of para-hydroxylation sites is 2. The van der Waals surface area contributed by atoms with Crippen molar-refractivity contribution in [2.24, 2.45) is 0 Å². The number of fused-ring (bicyclic) bond motifs is 2. The fraction of sp³-hybridized carbons (Fsp3) is 0. The van der Waals surface area contributed by atoms with Crippen LogP contribution >= 0.6 is 0 Å². The van der Waals surface area contributed by atoms with Crippen molar-refractivity contribution in [1.82, 2.24) is 9.97 Å². The van der Waals surface area contributed by atoms with Crippen LogP contribution in [0.2, 0.25) is 0 Å². The van der Waals surface area contributed by atoms with Crippen LogP contribution in [0.3, 0.4) is 0 Å². The zero-order valence-electron chi connectivity index (χ0n) is 10.4. The summed E-state index contributed by atoms with van der Waals surface area (Å²) in [4.78, 5) is 19.9. The minimum absolute atomic E-state index is 0.00958. The smallest absolute Gasteiger partial charge is 0.201 e. The lowest BCUT2D eigenvalue weighted by atomic mass is 10.1. The molecule has 1 aliphatic rings. The van der Waals surface area contributed by atoms with Gasteiger partial charge in [-0.25, -0.2) is 4.98 Å². The number of aromatic amines is 1. The van der Waals surface area contributed by atoms with Gasteiger partial charge >= 0.3 is 0 Å². The number of imidazole rings is 1. The second-order valence-electron chi connectivity index (χ2n) is 4.70. The summed E-state index contributed by atoms with van der Waals surface area (Å²) < 4.78 is 0. The summed E-state index contributed by atoms with van der Waals surface area (Å²) in [6.07, 6.45) is 0. The maximum atomic E-state index is 12.4. The van der Waals surface area contributed by atoms with Gasteiger partial charge in [0.2, 0.25) is 5.78 Å². The summed E-state index contributed by atoms with van der Waals surface area (Å²) in [5.74, 6) is 0.201. The van der Waals surface area contributed by atoms with Crippen molar-refractivity contribution in [1.29, 1.82) is 0 Å². The van der Waals surface area contributed by atoms with Crippen LogP contribution in [0.5, 0.6) is 0 Å². The number of aliphatic hydroxyl groups is 1. The summed E-state index contributed by atoms with van der Waals surface area (Å²) in [5.41, 5.74) is 2.92. The normalized spacial score (nSPS) is 14.1. The fourth-order valence-corrected chi connectivity index (χ4v) is 2.56. The van der Waals surface area contributed by atoms with Gasteiger partial charge in [0.05, 0.1) is 11.0 Å². The van der Waals surface area contributed by atoms with Crippen molar-refractivity contribution >= 4 is 28.1 Å². The van der Waals surface area contributed by atoms with E-state index < -0.39 is 0 Å². The van der Waals surface area contributed by atoms with E-state index >= 15 is 0 Å². The summed E-state index contributed by atoms with van der Waals surface area (Å²) in [6.45, 7) is 0. The molecule has 0 saturated heterocycles. The topological polar surface area (TPSA) is 66.0 Å². The van der Waals surface area contributed by atoms with Crippen LogP contribution in [-0.2, 0) is 0 Å². The minimum atomic E-state index is -0.197. The standard InChI is InChI=1S/C16H10N2O2/c19-14-9-5-1-2-6-10(9)15(20)13(14)16-17-11-7-3-4-8-12(11)18-16/h1-8,19H,(H,17,18). The number of aromatic nitrogens is 2. The van der Waals surface area contributed by atoms with Crippen molar-refractivity contribution in [2.45, 2.75) is 0 Å². The van der Waals surface area contributed by atoms with Gasteiger partial charge in [-0.1, -0.05) is 36.4 Å². The molecule has 0 saturated carbocycles. The van der Waals surface area contributed by atoms with E-state index in [-0.39, 0.29) is 17.1 Å². The second kappa shape index (κ2) is 3.81. The number of hydrogen-bond donors (Lipinski definition) is 2. The lowest BCUT2D eigenvalue weighted by molar-refractivity contribution is 0.105. The number of aliphatic hydroxyl groups excluding tert-OH is 1. The molecule has 0 radical (unpaired) electrons. The molecule has 1 aliphatic carbocycles. The molecule has 4 heteroatoms. The number of Topliss-reactive ketones (excluding diaryl/α,β-unsaturated/α-hetero) is 1. The molecular weight excluding hydrogens is 252 g/mol. The zero-order chi connectivity index (χ0) is 13.7. The predicted molar refractivity (Wildman–Crippen MR) is 76.3 cm³/mol. The Morgan fingerprint density at radius 3 is 2.40 bits per heavy atom. The van der Waals surface area contributed by atoms with Gasteiger partial charge in [0.1, 0.15) is 17.2 Å². The number of benzene rings is 2. The third-order valence-corrected chi connectivity index (χ3v) is 3.52. The Hall–Kier alpha value is -2.88. The summed E-state index contributed by atoms with van der Waals surface area (Å²) in [7, 11) is 0. The van der Waals surface area contributed by atoms with Gasteiger partial charge in [0, 0.05) is 11.1 Å². The van der Waals surface area contributed by atoms with Crippen molar-refractivity contribution in [3.8, 4) is 0 Å². The molecule has 1 aromatic heterocycles. The van der Waals surface area contributed by atoms with Gasteiger partial charge < -0.3 is 10.1 Å². The van der Waals surface area contributed by atoms with E-state index in [4.69, 9.17) is 0 Å². The molecule has 2 N–H and O–H groups in total. The van der Waals surface area contributed by atoms with Crippen LogP contribution in [0.1, 0.15) is 21.7 Å². The first-order valence-electron chi connectivity index (χ1n) is 6.28. The summed E-state index contributed by atoms with van der Waals surface area (Å²) >= 11 is 0. The van der Waals surface area contributed by atoms with Crippen LogP contribution in [0.25, 0.3) is 22.4 Å². The Labute approximate surface area is 114 Å². The van der Waals surface area contributed by atoms with E-state index in [9.17, 15) is 9.90 Å². The molecule has 4 nitrogen and oxygen atoms in total. The van der Waals surface area contributed by atoms with Crippen molar-refractivity contribution in [3.05, 3.63) is 65.5 Å². The molecule has 0 bridgehead atoms. The fourth-order valence-electron chi connectivity index (χ4n) is 2.56. The predicted octanol–water partition coefficient (Wildman–Crippen LogP) is 3.19. The molecule has 2 aromatic carbocycles. The highest BCUT2D eigenvalue weighted by atomic mass is 16.3. The Balaban J connectivity index is 1.95. The molecule has 0 fully saturated rings. The number of carbonyl (C=O) groups excluding carboxylic acids is 1. The first kappa shape index (κ1) is 11.0. The molecule has 0 unspecified atom stereocenters. The molecule has 0 amide bonds. The average Bonchev–Trinajstić information content (AvgIpc) is 3.00. The van der Waals surface area contributed by atoms with Crippen LogP contribution in [0.4, 0.5) is 0 Å². The largest absolute Gasteiger partial charge is 0.506 e. The maximum absolute atomic E-state index is 12.4. The van der Waals surface area contributed by atoms with E-state index in [1.165, 1.54) is 0 Å². The van der Waals surface area contributed by atoms with E-state index in [0.717, 1.165) is 11.0 Å². The number of ketones is 1. The van der Waals surface area contributed by atoms with Crippen LogP contribution in [-0.4, -0.2) is 20.9 Å². The highest BCUT2D eigenvalue weighted by Gasteiger charge is 2.32. The number of allylic oxidation sites excluding steroid dienone is 1. The summed E-state index contributed by atoms with van der Waals surface area (Å²) in [5, 5.41) is 10.3. The number of rotatable bonds is 1. The van der Waals surface area contributed by atoms with E-state index in [0.29, 0.717) is 17.0 Å². The first-order valence-corrected chi connectivity index (χ1v) is 6.28. The number of nitrogens with zero attached hydrogens (tertiary/aromatic N) is 1. The lowest BCUT2D eigenvalue weighted by Gasteiger charge is -1.96. The Morgan fingerprint density at radius 1 is 0.950 bits per heavy atom. The molecule has 20 heavy (non-hydrogen) atoms. The van der Waals surface area contributed by atoms with Crippen LogP contribution < -0.4 is 0 Å². The van der Waals surface area contributed by atoms with Gasteiger partial charge in [-0.15, -0.1) is 0 Å². The quantitative estimate of drug-likeness (QED) is 0.707. The van der Waals surface area contributed by atoms with Gasteiger partial charge in [0.15, 0.2) is 0 Å². The second-order valence-corrected chi connectivity index (χ2v) is 4.70.